The fourth-order valence-corrected chi connectivity index (χ4v) is 7.84. The number of nitrogens with zero attached hydrogens (tertiary/aromatic N) is 2. The summed E-state index contributed by atoms with van der Waals surface area (Å²) in [6.07, 6.45) is 4.08. The highest BCUT2D eigenvalue weighted by Crippen LogP contribution is 2.30. The topological polar surface area (TPSA) is 96.0 Å². The third-order valence-electron chi connectivity index (χ3n) is 8.78. The van der Waals surface area contributed by atoms with E-state index in [-0.39, 0.29) is 29.8 Å². The van der Waals surface area contributed by atoms with Gasteiger partial charge in [-0.3, -0.25) is 13.9 Å². The van der Waals surface area contributed by atoms with Crippen molar-refractivity contribution in [2.45, 2.75) is 69.5 Å². The predicted octanol–water partition coefficient (Wildman–Crippen LogP) is 6.86. The highest BCUT2D eigenvalue weighted by Gasteiger charge is 2.36. The molecule has 1 saturated carbocycles. The molecule has 5 rings (SSSR count). The number of halogens is 1. The average molecular weight is 688 g/mol. The molecule has 10 heteroatoms. The van der Waals surface area contributed by atoms with Gasteiger partial charge < -0.3 is 15.0 Å². The van der Waals surface area contributed by atoms with Crippen molar-refractivity contribution in [2.75, 3.05) is 18.0 Å². The van der Waals surface area contributed by atoms with Gasteiger partial charge in [-0.25, -0.2) is 8.42 Å². The molecule has 1 atom stereocenters. The number of amides is 2. The predicted molar refractivity (Wildman–Crippen MR) is 190 cm³/mol. The Morgan fingerprint density at radius 2 is 1.58 bits per heavy atom. The van der Waals surface area contributed by atoms with Crippen molar-refractivity contribution in [2.24, 2.45) is 0 Å². The number of rotatable bonds is 13. The number of benzene rings is 4. The monoisotopic (exact) mass is 687 g/mol. The third-order valence-corrected chi connectivity index (χ3v) is 10.8. The zero-order valence-corrected chi connectivity index (χ0v) is 29.1. The molecule has 1 aliphatic carbocycles. The Labute approximate surface area is 288 Å². The van der Waals surface area contributed by atoms with Crippen molar-refractivity contribution in [3.8, 4) is 5.75 Å². The first kappa shape index (κ1) is 35.0. The van der Waals surface area contributed by atoms with Crippen molar-refractivity contribution in [3.63, 3.8) is 0 Å². The summed E-state index contributed by atoms with van der Waals surface area (Å²) in [6.45, 7) is 3.15. The SMILES string of the molecule is COc1cccc(CN(C(=O)CN(c2ccc(Cl)cc2C)S(=O)(=O)c2ccc(C)cc2)[C@@H](Cc2ccccc2)C(=O)NC2CCCC2)c1. The molecule has 2 amide bonds. The first-order chi connectivity index (χ1) is 23.0. The molecule has 0 spiro atoms. The van der Waals surface area contributed by atoms with Gasteiger partial charge in [-0.2, -0.15) is 0 Å². The molecular formula is C38H42ClN3O5S. The summed E-state index contributed by atoms with van der Waals surface area (Å²) in [5, 5.41) is 3.65. The summed E-state index contributed by atoms with van der Waals surface area (Å²) >= 11 is 6.27. The summed E-state index contributed by atoms with van der Waals surface area (Å²) in [5.41, 5.74) is 3.44. The molecule has 0 radical (unpaired) electrons. The minimum atomic E-state index is -4.22. The van der Waals surface area contributed by atoms with Crippen LogP contribution in [0.15, 0.2) is 102 Å². The van der Waals surface area contributed by atoms with E-state index in [4.69, 9.17) is 16.3 Å². The number of ether oxygens (including phenoxy) is 1. The molecule has 0 saturated heterocycles. The van der Waals surface area contributed by atoms with E-state index in [2.05, 4.69) is 5.32 Å². The second kappa shape index (κ2) is 15.7. The number of aryl methyl sites for hydroxylation is 2. The van der Waals surface area contributed by atoms with E-state index in [9.17, 15) is 18.0 Å². The lowest BCUT2D eigenvalue weighted by Gasteiger charge is -2.34. The molecule has 8 nitrogen and oxygen atoms in total. The van der Waals surface area contributed by atoms with Gasteiger partial charge in [-0.05, 0) is 85.8 Å². The van der Waals surface area contributed by atoms with Gasteiger partial charge in [0.05, 0.1) is 17.7 Å². The van der Waals surface area contributed by atoms with Gasteiger partial charge in [0.1, 0.15) is 18.3 Å². The smallest absolute Gasteiger partial charge is 0.264 e. The fourth-order valence-electron chi connectivity index (χ4n) is 6.14. The van der Waals surface area contributed by atoms with E-state index in [0.29, 0.717) is 22.0 Å². The van der Waals surface area contributed by atoms with Crippen LogP contribution < -0.4 is 14.4 Å². The van der Waals surface area contributed by atoms with Gasteiger partial charge in [0.25, 0.3) is 10.0 Å². The van der Waals surface area contributed by atoms with Gasteiger partial charge in [-0.1, -0.05) is 84.6 Å². The van der Waals surface area contributed by atoms with E-state index in [1.54, 1.807) is 44.4 Å². The highest BCUT2D eigenvalue weighted by atomic mass is 35.5. The normalized spacial score (nSPS) is 13.9. The first-order valence-electron chi connectivity index (χ1n) is 16.2. The number of anilines is 1. The van der Waals surface area contributed by atoms with Crippen molar-refractivity contribution < 1.29 is 22.7 Å². The van der Waals surface area contributed by atoms with Crippen LogP contribution in [0.25, 0.3) is 0 Å². The zero-order valence-electron chi connectivity index (χ0n) is 27.6. The molecular weight excluding hydrogens is 646 g/mol. The summed E-state index contributed by atoms with van der Waals surface area (Å²) in [4.78, 5) is 30.5. The Balaban J connectivity index is 1.59. The van der Waals surface area contributed by atoms with Crippen molar-refractivity contribution in [1.82, 2.24) is 10.2 Å². The van der Waals surface area contributed by atoms with E-state index in [1.807, 2.05) is 61.5 Å². The van der Waals surface area contributed by atoms with E-state index >= 15 is 0 Å². The lowest BCUT2D eigenvalue weighted by molar-refractivity contribution is -0.140. The van der Waals surface area contributed by atoms with Gasteiger partial charge in [-0.15, -0.1) is 0 Å². The van der Waals surface area contributed by atoms with Crippen LogP contribution in [0.2, 0.25) is 5.02 Å². The van der Waals surface area contributed by atoms with Gasteiger partial charge in [0.15, 0.2) is 0 Å². The van der Waals surface area contributed by atoms with Gasteiger partial charge in [0, 0.05) is 24.0 Å². The molecule has 0 bridgehead atoms. The zero-order chi connectivity index (χ0) is 34.3. The number of methoxy groups -OCH3 is 1. The Bertz CT molecular complexity index is 1830. The Morgan fingerprint density at radius 1 is 0.896 bits per heavy atom. The number of carbonyl (C=O) groups excluding carboxylic acids is 2. The summed E-state index contributed by atoms with van der Waals surface area (Å²) in [5.74, 6) is -0.182. The van der Waals surface area contributed by atoms with Crippen LogP contribution in [-0.4, -0.2) is 50.9 Å². The van der Waals surface area contributed by atoms with E-state index in [0.717, 1.165) is 46.7 Å². The molecule has 0 unspecified atom stereocenters. The van der Waals surface area contributed by atoms with Crippen LogP contribution in [0, 0.1) is 13.8 Å². The second-order valence-corrected chi connectivity index (χ2v) is 14.6. The second-order valence-electron chi connectivity index (χ2n) is 12.3. The van der Waals surface area contributed by atoms with Crippen molar-refractivity contribution in [3.05, 3.63) is 124 Å². The quantitative estimate of drug-likeness (QED) is 0.166. The lowest BCUT2D eigenvalue weighted by Crippen LogP contribution is -2.54. The molecule has 0 heterocycles. The summed E-state index contributed by atoms with van der Waals surface area (Å²) in [7, 11) is -2.65. The fraction of sp³-hybridized carbons (Fsp3) is 0.316. The van der Waals surface area contributed by atoms with Crippen molar-refractivity contribution >= 4 is 39.1 Å². The largest absolute Gasteiger partial charge is 0.497 e. The van der Waals surface area contributed by atoms with E-state index in [1.165, 1.54) is 17.0 Å². The highest BCUT2D eigenvalue weighted by molar-refractivity contribution is 7.92. The van der Waals surface area contributed by atoms with E-state index < -0.39 is 28.5 Å². The van der Waals surface area contributed by atoms with Crippen LogP contribution in [-0.2, 0) is 32.6 Å². The maximum atomic E-state index is 14.8. The molecule has 4 aromatic carbocycles. The van der Waals surface area contributed by atoms with Crippen LogP contribution in [0.4, 0.5) is 5.69 Å². The Morgan fingerprint density at radius 3 is 2.25 bits per heavy atom. The van der Waals surface area contributed by atoms with Gasteiger partial charge in [0.2, 0.25) is 11.8 Å². The minimum Gasteiger partial charge on any atom is -0.497 e. The van der Waals surface area contributed by atoms with Crippen LogP contribution in [0.5, 0.6) is 5.75 Å². The molecule has 48 heavy (non-hydrogen) atoms. The number of nitrogens with one attached hydrogen (secondary N) is 1. The average Bonchev–Trinajstić information content (AvgIpc) is 3.59. The first-order valence-corrected chi connectivity index (χ1v) is 18.0. The van der Waals surface area contributed by atoms with Crippen LogP contribution in [0.1, 0.15) is 47.9 Å². The molecule has 1 fully saturated rings. The molecule has 0 aliphatic heterocycles. The summed E-state index contributed by atoms with van der Waals surface area (Å²) in [6, 6.07) is 27.4. The number of hydrogen-bond acceptors (Lipinski definition) is 5. The maximum Gasteiger partial charge on any atom is 0.264 e. The van der Waals surface area contributed by atoms with Crippen LogP contribution in [0.3, 0.4) is 0 Å². The third kappa shape index (κ3) is 8.57. The number of hydrogen-bond donors (Lipinski definition) is 1. The minimum absolute atomic E-state index is 0.0275. The molecule has 1 aliphatic rings. The maximum absolute atomic E-state index is 14.8. The number of sulfonamides is 1. The van der Waals surface area contributed by atoms with Crippen LogP contribution >= 0.6 is 11.6 Å². The lowest BCUT2D eigenvalue weighted by atomic mass is 10.0. The van der Waals surface area contributed by atoms with Gasteiger partial charge >= 0.3 is 0 Å². The Hall–Kier alpha value is -4.34. The standard InChI is InChI=1S/C38H42ClN3O5S/c1-27-16-19-34(20-17-27)48(45,46)42(35-21-18-31(39)22-28(35)2)26-37(43)41(25-30-12-9-15-33(23-30)47-3)36(24-29-10-5-4-6-11-29)38(44)40-32-13-7-8-14-32/h4-6,9-12,15-23,32,36H,7-8,13-14,24-26H2,1-3H3,(H,40,44)/t36-/m0/s1. The molecule has 4 aromatic rings. The molecule has 1 N–H and O–H groups in total. The van der Waals surface area contributed by atoms with Crippen molar-refractivity contribution in [1.29, 1.82) is 0 Å². The summed E-state index contributed by atoms with van der Waals surface area (Å²) < 4.78 is 35.2. The molecule has 0 aromatic heterocycles. The Kier molecular flexibility index (Phi) is 11.4. The molecule has 252 valence electrons. The number of carbonyl (C=O) groups is 2.